The Kier molecular flexibility index (Phi) is 5.66. The van der Waals surface area contributed by atoms with Gasteiger partial charge in [0.25, 0.3) is 0 Å². The van der Waals surface area contributed by atoms with Gasteiger partial charge in [-0.2, -0.15) is 0 Å². The van der Waals surface area contributed by atoms with Crippen molar-refractivity contribution in [1.29, 1.82) is 0 Å². The van der Waals surface area contributed by atoms with Crippen LogP contribution in [0.15, 0.2) is 24.3 Å². The number of hydrogen-bond donors (Lipinski definition) is 2. The highest BCUT2D eigenvalue weighted by Gasteiger charge is 2.34. The molecule has 2 N–H and O–H groups in total. The van der Waals surface area contributed by atoms with Gasteiger partial charge < -0.3 is 15.5 Å². The first-order valence-electron chi connectivity index (χ1n) is 7.58. The maximum atomic E-state index is 12.4. The molecule has 120 valence electrons. The monoisotopic (exact) mass is 323 g/mol. The van der Waals surface area contributed by atoms with Crippen molar-refractivity contribution in [3.8, 4) is 0 Å². The number of hydrogen-bond acceptors (Lipinski definition) is 2. The van der Waals surface area contributed by atoms with E-state index in [0.717, 1.165) is 6.42 Å². The lowest BCUT2D eigenvalue weighted by Crippen LogP contribution is -2.48. The highest BCUT2D eigenvalue weighted by atomic mass is 35.5. The summed E-state index contributed by atoms with van der Waals surface area (Å²) in [4.78, 5) is 26.2. The van der Waals surface area contributed by atoms with Gasteiger partial charge in [-0.25, -0.2) is 4.79 Å². The fraction of sp³-hybridized carbons (Fsp3) is 0.500. The molecular formula is C16H22ClN3O2. The molecule has 1 aromatic rings. The molecule has 1 unspecified atom stereocenters. The fourth-order valence-electron chi connectivity index (χ4n) is 2.43. The van der Waals surface area contributed by atoms with Gasteiger partial charge >= 0.3 is 6.03 Å². The Labute approximate surface area is 136 Å². The van der Waals surface area contributed by atoms with E-state index in [1.807, 2.05) is 13.8 Å². The fourth-order valence-corrected chi connectivity index (χ4v) is 2.56. The number of benzene rings is 1. The SMILES string of the molecule is CC(C)CNC(=O)N1CCCC1C(=O)Nc1ccc(Cl)cc1. The lowest BCUT2D eigenvalue weighted by Gasteiger charge is -2.24. The molecule has 3 amide bonds. The molecular weight excluding hydrogens is 302 g/mol. The molecule has 1 saturated heterocycles. The highest BCUT2D eigenvalue weighted by Crippen LogP contribution is 2.20. The van der Waals surface area contributed by atoms with Crippen molar-refractivity contribution >= 4 is 29.2 Å². The first kappa shape index (κ1) is 16.6. The molecule has 5 nitrogen and oxygen atoms in total. The first-order valence-corrected chi connectivity index (χ1v) is 7.96. The molecule has 0 bridgehead atoms. The molecule has 0 spiro atoms. The molecule has 0 saturated carbocycles. The number of urea groups is 1. The van der Waals surface area contributed by atoms with E-state index in [1.54, 1.807) is 29.2 Å². The molecule has 1 atom stereocenters. The standard InChI is InChI=1S/C16H22ClN3O2/c1-11(2)10-18-16(22)20-9-3-4-14(20)15(21)19-13-7-5-12(17)6-8-13/h5-8,11,14H,3-4,9-10H2,1-2H3,(H,18,22)(H,19,21). The third-order valence-electron chi connectivity index (χ3n) is 3.59. The van der Waals surface area contributed by atoms with Crippen molar-refractivity contribution < 1.29 is 9.59 Å². The molecule has 1 aliphatic rings. The number of anilines is 1. The number of halogens is 1. The summed E-state index contributed by atoms with van der Waals surface area (Å²) >= 11 is 5.83. The molecule has 1 aliphatic heterocycles. The third-order valence-corrected chi connectivity index (χ3v) is 3.84. The van der Waals surface area contributed by atoms with E-state index in [-0.39, 0.29) is 11.9 Å². The van der Waals surface area contributed by atoms with Gasteiger partial charge in [-0.1, -0.05) is 25.4 Å². The summed E-state index contributed by atoms with van der Waals surface area (Å²) in [6.45, 7) is 5.30. The van der Waals surface area contributed by atoms with Crippen molar-refractivity contribution in [1.82, 2.24) is 10.2 Å². The zero-order valence-electron chi connectivity index (χ0n) is 12.9. The van der Waals surface area contributed by atoms with Crippen molar-refractivity contribution in [3.63, 3.8) is 0 Å². The maximum Gasteiger partial charge on any atom is 0.318 e. The van der Waals surface area contributed by atoms with Gasteiger partial charge in [-0.3, -0.25) is 4.79 Å². The number of carbonyl (C=O) groups excluding carboxylic acids is 2. The number of amides is 3. The lowest BCUT2D eigenvalue weighted by atomic mass is 10.2. The summed E-state index contributed by atoms with van der Waals surface area (Å²) in [6, 6.07) is 6.36. The predicted molar refractivity (Wildman–Crippen MR) is 88.0 cm³/mol. The van der Waals surface area contributed by atoms with E-state index in [0.29, 0.717) is 36.1 Å². The van der Waals surface area contributed by atoms with Crippen molar-refractivity contribution in [2.75, 3.05) is 18.4 Å². The largest absolute Gasteiger partial charge is 0.338 e. The van der Waals surface area contributed by atoms with Crippen LogP contribution >= 0.6 is 11.6 Å². The summed E-state index contributed by atoms with van der Waals surface area (Å²) in [5.74, 6) is 0.229. The maximum absolute atomic E-state index is 12.4. The first-order chi connectivity index (χ1) is 10.5. The van der Waals surface area contributed by atoms with Crippen LogP contribution in [0, 0.1) is 5.92 Å². The molecule has 0 aliphatic carbocycles. The zero-order valence-corrected chi connectivity index (χ0v) is 13.7. The molecule has 1 fully saturated rings. The van der Waals surface area contributed by atoms with E-state index < -0.39 is 6.04 Å². The second-order valence-electron chi connectivity index (χ2n) is 5.93. The van der Waals surface area contributed by atoms with Crippen LogP contribution < -0.4 is 10.6 Å². The zero-order chi connectivity index (χ0) is 16.1. The molecule has 6 heteroatoms. The van der Waals surface area contributed by atoms with Gasteiger partial charge in [0.15, 0.2) is 0 Å². The minimum absolute atomic E-state index is 0.153. The van der Waals surface area contributed by atoms with Gasteiger partial charge in [0.1, 0.15) is 6.04 Å². The van der Waals surface area contributed by atoms with Gasteiger partial charge in [-0.15, -0.1) is 0 Å². The Balaban J connectivity index is 1.95. The van der Waals surface area contributed by atoms with Gasteiger partial charge in [-0.05, 0) is 43.0 Å². The average molecular weight is 324 g/mol. The predicted octanol–water partition coefficient (Wildman–Crippen LogP) is 3.11. The van der Waals surface area contributed by atoms with E-state index in [2.05, 4.69) is 10.6 Å². The molecule has 1 aromatic carbocycles. The topological polar surface area (TPSA) is 61.4 Å². The Bertz CT molecular complexity index is 531. The van der Waals surface area contributed by atoms with Crippen molar-refractivity contribution in [3.05, 3.63) is 29.3 Å². The molecule has 1 heterocycles. The van der Waals surface area contributed by atoms with Crippen LogP contribution in [0.25, 0.3) is 0 Å². The second-order valence-corrected chi connectivity index (χ2v) is 6.36. The summed E-state index contributed by atoms with van der Waals surface area (Å²) in [5, 5.41) is 6.33. The second kappa shape index (κ2) is 7.49. The summed E-state index contributed by atoms with van der Waals surface area (Å²) in [6.07, 6.45) is 1.53. The summed E-state index contributed by atoms with van der Waals surface area (Å²) in [7, 11) is 0. The number of nitrogens with one attached hydrogen (secondary N) is 2. The van der Waals surface area contributed by atoms with Crippen molar-refractivity contribution in [2.45, 2.75) is 32.7 Å². The average Bonchev–Trinajstić information content (AvgIpc) is 2.96. The quantitative estimate of drug-likeness (QED) is 0.894. The Morgan fingerprint density at radius 2 is 2.00 bits per heavy atom. The number of nitrogens with zero attached hydrogens (tertiary/aromatic N) is 1. The van der Waals surface area contributed by atoms with E-state index in [1.165, 1.54) is 0 Å². The van der Waals surface area contributed by atoms with Crippen LogP contribution in [0.2, 0.25) is 5.02 Å². The third kappa shape index (κ3) is 4.37. The van der Waals surface area contributed by atoms with Crippen LogP contribution in [0.1, 0.15) is 26.7 Å². The minimum Gasteiger partial charge on any atom is -0.338 e. The van der Waals surface area contributed by atoms with E-state index in [4.69, 9.17) is 11.6 Å². The number of carbonyl (C=O) groups is 2. The number of rotatable bonds is 4. The van der Waals surface area contributed by atoms with Crippen LogP contribution in [0.4, 0.5) is 10.5 Å². The highest BCUT2D eigenvalue weighted by molar-refractivity contribution is 6.30. The molecule has 22 heavy (non-hydrogen) atoms. The number of likely N-dealkylation sites (tertiary alicyclic amines) is 1. The Morgan fingerprint density at radius 3 is 2.64 bits per heavy atom. The van der Waals surface area contributed by atoms with Gasteiger partial charge in [0, 0.05) is 23.8 Å². The Morgan fingerprint density at radius 1 is 1.32 bits per heavy atom. The molecule has 2 rings (SSSR count). The Hall–Kier alpha value is -1.75. The van der Waals surface area contributed by atoms with Crippen LogP contribution in [-0.2, 0) is 4.79 Å². The molecule has 0 aromatic heterocycles. The van der Waals surface area contributed by atoms with Crippen LogP contribution in [0.3, 0.4) is 0 Å². The van der Waals surface area contributed by atoms with Gasteiger partial charge in [0.2, 0.25) is 5.91 Å². The normalized spacial score (nSPS) is 17.6. The smallest absolute Gasteiger partial charge is 0.318 e. The summed E-state index contributed by atoms with van der Waals surface area (Å²) in [5.41, 5.74) is 0.684. The lowest BCUT2D eigenvalue weighted by molar-refractivity contribution is -0.119. The van der Waals surface area contributed by atoms with Crippen LogP contribution in [-0.4, -0.2) is 36.0 Å². The van der Waals surface area contributed by atoms with Crippen LogP contribution in [0.5, 0.6) is 0 Å². The van der Waals surface area contributed by atoms with E-state index >= 15 is 0 Å². The van der Waals surface area contributed by atoms with E-state index in [9.17, 15) is 9.59 Å². The van der Waals surface area contributed by atoms with Gasteiger partial charge in [0.05, 0.1) is 0 Å². The minimum atomic E-state index is -0.414. The molecule has 0 radical (unpaired) electrons. The summed E-state index contributed by atoms with van der Waals surface area (Å²) < 4.78 is 0. The van der Waals surface area contributed by atoms with Crippen molar-refractivity contribution in [2.24, 2.45) is 5.92 Å².